The van der Waals surface area contributed by atoms with Crippen molar-refractivity contribution < 1.29 is 27.1 Å². The summed E-state index contributed by atoms with van der Waals surface area (Å²) in [5, 5.41) is 2.90. The first-order valence-electron chi connectivity index (χ1n) is 10.4. The number of amides is 1. The van der Waals surface area contributed by atoms with Gasteiger partial charge in [0.2, 0.25) is 15.9 Å². The number of hydrogen-bond acceptors (Lipinski definition) is 7. The number of furan rings is 1. The summed E-state index contributed by atoms with van der Waals surface area (Å²) in [6.07, 6.45) is 2.33. The Morgan fingerprint density at radius 2 is 1.84 bits per heavy atom. The summed E-state index contributed by atoms with van der Waals surface area (Å²) < 4.78 is 44.1. The number of rotatable bonds is 6. The van der Waals surface area contributed by atoms with Gasteiger partial charge in [0.1, 0.15) is 5.76 Å². The van der Waals surface area contributed by atoms with Crippen LogP contribution < -0.4 is 14.8 Å². The van der Waals surface area contributed by atoms with Crippen LogP contribution in [0.15, 0.2) is 45.9 Å². The normalized spacial score (nSPS) is 18.9. The van der Waals surface area contributed by atoms with Gasteiger partial charge in [-0.25, -0.2) is 8.42 Å². The maximum absolute atomic E-state index is 13.1. The molecule has 2 aromatic rings. The molecule has 4 rings (SSSR count). The lowest BCUT2D eigenvalue weighted by Crippen LogP contribution is -2.51. The highest BCUT2D eigenvalue weighted by molar-refractivity contribution is 7.89. The van der Waals surface area contributed by atoms with Crippen molar-refractivity contribution in [3.8, 4) is 11.5 Å². The molecule has 1 atom stereocenters. The molecule has 0 unspecified atom stereocenters. The molecule has 1 N–H and O–H groups in total. The molecule has 0 spiro atoms. The van der Waals surface area contributed by atoms with Gasteiger partial charge in [0.05, 0.1) is 37.0 Å². The van der Waals surface area contributed by atoms with Crippen LogP contribution in [0.5, 0.6) is 11.5 Å². The van der Waals surface area contributed by atoms with Crippen molar-refractivity contribution in [1.29, 1.82) is 0 Å². The molecule has 0 bridgehead atoms. The van der Waals surface area contributed by atoms with Crippen molar-refractivity contribution in [2.75, 3.05) is 45.9 Å². The van der Waals surface area contributed by atoms with E-state index in [9.17, 15) is 13.2 Å². The minimum Gasteiger partial charge on any atom is -0.490 e. The second-order valence-corrected chi connectivity index (χ2v) is 9.58. The van der Waals surface area contributed by atoms with Gasteiger partial charge in [-0.1, -0.05) is 0 Å². The van der Waals surface area contributed by atoms with Crippen LogP contribution >= 0.6 is 0 Å². The highest BCUT2D eigenvalue weighted by Crippen LogP contribution is 2.33. The van der Waals surface area contributed by atoms with E-state index in [1.807, 2.05) is 17.9 Å². The molecule has 3 heterocycles. The number of hydrogen-bond donors (Lipinski definition) is 1. The zero-order valence-corrected chi connectivity index (χ0v) is 18.3. The zero-order valence-electron chi connectivity index (χ0n) is 17.5. The maximum Gasteiger partial charge on any atom is 0.243 e. The van der Waals surface area contributed by atoms with Gasteiger partial charge in [-0.3, -0.25) is 9.69 Å². The highest BCUT2D eigenvalue weighted by atomic mass is 32.2. The van der Waals surface area contributed by atoms with Crippen LogP contribution in [0, 0.1) is 0 Å². The Hall–Kier alpha value is -2.56. The SMILES string of the molecule is C[C@@H](NC(=O)CN1CCN(S(=O)(=O)c2ccc3c(c2)OCCCO3)CC1)c1ccco1. The number of ether oxygens (including phenoxy) is 2. The summed E-state index contributed by atoms with van der Waals surface area (Å²) in [4.78, 5) is 14.5. The van der Waals surface area contributed by atoms with E-state index >= 15 is 0 Å². The molecule has 31 heavy (non-hydrogen) atoms. The molecule has 1 saturated heterocycles. The third kappa shape index (κ3) is 5.03. The van der Waals surface area contributed by atoms with Gasteiger partial charge in [0.15, 0.2) is 11.5 Å². The van der Waals surface area contributed by atoms with Crippen molar-refractivity contribution in [1.82, 2.24) is 14.5 Å². The predicted molar refractivity (Wildman–Crippen MR) is 113 cm³/mol. The van der Waals surface area contributed by atoms with Crippen LogP contribution in [0.2, 0.25) is 0 Å². The molecule has 1 aromatic heterocycles. The summed E-state index contributed by atoms with van der Waals surface area (Å²) in [6.45, 7) is 4.71. The quantitative estimate of drug-likeness (QED) is 0.715. The van der Waals surface area contributed by atoms with Crippen LogP contribution in [-0.2, 0) is 14.8 Å². The van der Waals surface area contributed by atoms with E-state index in [4.69, 9.17) is 13.9 Å². The molecule has 0 radical (unpaired) electrons. The summed E-state index contributed by atoms with van der Waals surface area (Å²) in [6, 6.07) is 8.11. The average Bonchev–Trinajstić information content (AvgIpc) is 3.19. The first-order valence-corrected chi connectivity index (χ1v) is 11.8. The molecular weight excluding hydrogens is 422 g/mol. The Morgan fingerprint density at radius 1 is 1.10 bits per heavy atom. The molecule has 168 valence electrons. The fourth-order valence-corrected chi connectivity index (χ4v) is 5.12. The van der Waals surface area contributed by atoms with Gasteiger partial charge >= 0.3 is 0 Å². The van der Waals surface area contributed by atoms with Crippen LogP contribution in [-0.4, -0.2) is 69.5 Å². The van der Waals surface area contributed by atoms with Crippen molar-refractivity contribution in [3.63, 3.8) is 0 Å². The molecule has 0 aliphatic carbocycles. The van der Waals surface area contributed by atoms with Gasteiger partial charge in [-0.2, -0.15) is 4.31 Å². The second-order valence-electron chi connectivity index (χ2n) is 7.64. The molecule has 1 aromatic carbocycles. The molecule has 1 fully saturated rings. The summed E-state index contributed by atoms with van der Waals surface area (Å²) in [7, 11) is -3.65. The van der Waals surface area contributed by atoms with E-state index in [0.717, 1.165) is 6.42 Å². The van der Waals surface area contributed by atoms with Crippen LogP contribution in [0.4, 0.5) is 0 Å². The van der Waals surface area contributed by atoms with Crippen molar-refractivity contribution in [3.05, 3.63) is 42.4 Å². The average molecular weight is 450 g/mol. The van der Waals surface area contributed by atoms with E-state index < -0.39 is 10.0 Å². The number of carbonyl (C=O) groups is 1. The fourth-order valence-electron chi connectivity index (χ4n) is 3.68. The van der Waals surface area contributed by atoms with Crippen LogP contribution in [0.3, 0.4) is 0 Å². The lowest BCUT2D eigenvalue weighted by Gasteiger charge is -2.33. The second kappa shape index (κ2) is 9.29. The number of benzene rings is 1. The van der Waals surface area contributed by atoms with Crippen LogP contribution in [0.1, 0.15) is 25.1 Å². The van der Waals surface area contributed by atoms with E-state index in [2.05, 4.69) is 5.32 Å². The lowest BCUT2D eigenvalue weighted by molar-refractivity contribution is -0.123. The molecule has 1 amide bonds. The Morgan fingerprint density at radius 3 is 2.55 bits per heavy atom. The third-order valence-electron chi connectivity index (χ3n) is 5.40. The van der Waals surface area contributed by atoms with Crippen molar-refractivity contribution >= 4 is 15.9 Å². The van der Waals surface area contributed by atoms with E-state index in [0.29, 0.717) is 56.7 Å². The first-order chi connectivity index (χ1) is 14.9. The Balaban J connectivity index is 1.32. The fraction of sp³-hybridized carbons (Fsp3) is 0.476. The molecule has 9 nitrogen and oxygen atoms in total. The van der Waals surface area contributed by atoms with Crippen molar-refractivity contribution in [2.24, 2.45) is 0 Å². The molecule has 2 aliphatic heterocycles. The monoisotopic (exact) mass is 449 g/mol. The van der Waals surface area contributed by atoms with Gasteiger partial charge in [0, 0.05) is 38.7 Å². The summed E-state index contributed by atoms with van der Waals surface area (Å²) in [5.74, 6) is 1.60. The lowest BCUT2D eigenvalue weighted by atomic mass is 10.2. The number of nitrogens with zero attached hydrogens (tertiary/aromatic N) is 2. The molecule has 0 saturated carbocycles. The van der Waals surface area contributed by atoms with E-state index in [-0.39, 0.29) is 23.4 Å². The number of carbonyl (C=O) groups excluding carboxylic acids is 1. The predicted octanol–water partition coefficient (Wildman–Crippen LogP) is 1.62. The smallest absolute Gasteiger partial charge is 0.243 e. The Kier molecular flexibility index (Phi) is 6.49. The minimum atomic E-state index is -3.65. The van der Waals surface area contributed by atoms with E-state index in [1.165, 1.54) is 10.4 Å². The Labute approximate surface area is 182 Å². The standard InChI is InChI=1S/C21H27N3O6S/c1-16(18-4-2-11-28-18)22-21(25)15-23-7-9-24(10-8-23)31(26,27)17-5-6-19-20(14-17)30-13-3-12-29-19/h2,4-6,11,14,16H,3,7-10,12-13,15H2,1H3,(H,22,25)/t16-/m1/s1. The third-order valence-corrected chi connectivity index (χ3v) is 7.30. The van der Waals surface area contributed by atoms with Gasteiger partial charge in [-0.15, -0.1) is 0 Å². The minimum absolute atomic E-state index is 0.122. The van der Waals surface area contributed by atoms with Crippen LogP contribution in [0.25, 0.3) is 0 Å². The molecule has 2 aliphatic rings. The summed E-state index contributed by atoms with van der Waals surface area (Å²) in [5.41, 5.74) is 0. The number of fused-ring (bicyclic) bond motifs is 1. The van der Waals surface area contributed by atoms with Crippen molar-refractivity contribution in [2.45, 2.75) is 24.3 Å². The number of nitrogens with one attached hydrogen (secondary N) is 1. The Bertz CT molecular complexity index is 1000. The number of sulfonamides is 1. The molecular formula is C21H27N3O6S. The van der Waals surface area contributed by atoms with E-state index in [1.54, 1.807) is 24.5 Å². The molecule has 10 heteroatoms. The van der Waals surface area contributed by atoms with Gasteiger partial charge in [0.25, 0.3) is 0 Å². The topological polar surface area (TPSA) is 101 Å². The van der Waals surface area contributed by atoms with Gasteiger partial charge in [-0.05, 0) is 31.2 Å². The number of piperazine rings is 1. The van der Waals surface area contributed by atoms with Gasteiger partial charge < -0.3 is 19.2 Å². The largest absolute Gasteiger partial charge is 0.490 e. The maximum atomic E-state index is 13.1. The summed E-state index contributed by atoms with van der Waals surface area (Å²) >= 11 is 0. The zero-order chi connectivity index (χ0) is 21.8. The first kappa shape index (κ1) is 21.7. The highest BCUT2D eigenvalue weighted by Gasteiger charge is 2.30.